The topological polar surface area (TPSA) is 21.3 Å². The average molecular weight is 225 g/mol. The van der Waals surface area contributed by atoms with E-state index in [1.807, 2.05) is 19.2 Å². The van der Waals surface area contributed by atoms with Gasteiger partial charge < -0.3 is 10.1 Å². The maximum absolute atomic E-state index is 13.4. The SMILES string of the molecule is CNC(CCCOC)Cc1ccccc1F. The molecule has 1 atom stereocenters. The fourth-order valence-electron chi connectivity index (χ4n) is 1.75. The molecule has 0 radical (unpaired) electrons. The van der Waals surface area contributed by atoms with Crippen LogP contribution >= 0.6 is 0 Å². The lowest BCUT2D eigenvalue weighted by atomic mass is 10.0. The summed E-state index contributed by atoms with van der Waals surface area (Å²) < 4.78 is 18.4. The highest BCUT2D eigenvalue weighted by Gasteiger charge is 2.09. The number of likely N-dealkylation sites (N-methyl/N-ethyl adjacent to an activating group) is 1. The zero-order valence-electron chi connectivity index (χ0n) is 10.0. The Labute approximate surface area is 96.8 Å². The van der Waals surface area contributed by atoms with Crippen LogP contribution in [0.1, 0.15) is 18.4 Å². The summed E-state index contributed by atoms with van der Waals surface area (Å²) in [5, 5.41) is 3.21. The first-order valence-electron chi connectivity index (χ1n) is 5.67. The highest BCUT2D eigenvalue weighted by molar-refractivity contribution is 5.18. The number of methoxy groups -OCH3 is 1. The summed E-state index contributed by atoms with van der Waals surface area (Å²) in [6.45, 7) is 0.759. The molecular formula is C13H20FNO. The van der Waals surface area contributed by atoms with Crippen LogP contribution < -0.4 is 5.32 Å². The molecule has 2 nitrogen and oxygen atoms in total. The Morgan fingerprint density at radius 1 is 1.38 bits per heavy atom. The standard InChI is InChI=1S/C13H20FNO/c1-15-12(7-5-9-16-2)10-11-6-3-4-8-13(11)14/h3-4,6,8,12,15H,5,7,9-10H2,1-2H3. The van der Waals surface area contributed by atoms with Gasteiger partial charge in [-0.15, -0.1) is 0 Å². The Hall–Kier alpha value is -0.930. The first-order valence-corrected chi connectivity index (χ1v) is 5.67. The fraction of sp³-hybridized carbons (Fsp3) is 0.538. The quantitative estimate of drug-likeness (QED) is 0.719. The number of hydrogen-bond donors (Lipinski definition) is 1. The van der Waals surface area contributed by atoms with Crippen molar-refractivity contribution >= 4 is 0 Å². The number of hydrogen-bond acceptors (Lipinski definition) is 2. The molecule has 0 aliphatic heterocycles. The Morgan fingerprint density at radius 3 is 2.75 bits per heavy atom. The van der Waals surface area contributed by atoms with Gasteiger partial charge >= 0.3 is 0 Å². The molecule has 1 rings (SSSR count). The molecule has 0 spiro atoms. The van der Waals surface area contributed by atoms with Crippen molar-refractivity contribution in [2.75, 3.05) is 20.8 Å². The number of nitrogens with one attached hydrogen (secondary N) is 1. The highest BCUT2D eigenvalue weighted by atomic mass is 19.1. The lowest BCUT2D eigenvalue weighted by molar-refractivity contribution is 0.189. The second-order valence-electron chi connectivity index (χ2n) is 3.92. The minimum Gasteiger partial charge on any atom is -0.385 e. The van der Waals surface area contributed by atoms with E-state index in [2.05, 4.69) is 5.32 Å². The molecule has 1 unspecified atom stereocenters. The molecule has 0 saturated carbocycles. The van der Waals surface area contributed by atoms with Gasteiger partial charge in [0.05, 0.1) is 0 Å². The molecule has 90 valence electrons. The third kappa shape index (κ3) is 4.29. The molecule has 16 heavy (non-hydrogen) atoms. The Kier molecular flexibility index (Phi) is 6.04. The maximum Gasteiger partial charge on any atom is 0.126 e. The third-order valence-corrected chi connectivity index (χ3v) is 2.73. The Bertz CT molecular complexity index is 304. The predicted molar refractivity (Wildman–Crippen MR) is 64.1 cm³/mol. The number of halogens is 1. The van der Waals surface area contributed by atoms with E-state index < -0.39 is 0 Å². The van der Waals surface area contributed by atoms with Crippen LogP contribution in [-0.2, 0) is 11.2 Å². The van der Waals surface area contributed by atoms with Gasteiger partial charge in [0, 0.05) is 19.8 Å². The summed E-state index contributed by atoms with van der Waals surface area (Å²) >= 11 is 0. The van der Waals surface area contributed by atoms with Crippen molar-refractivity contribution in [2.24, 2.45) is 0 Å². The minimum atomic E-state index is -0.116. The van der Waals surface area contributed by atoms with Gasteiger partial charge in [-0.05, 0) is 37.9 Å². The van der Waals surface area contributed by atoms with Gasteiger partial charge in [-0.25, -0.2) is 4.39 Å². The highest BCUT2D eigenvalue weighted by Crippen LogP contribution is 2.11. The van der Waals surface area contributed by atoms with Gasteiger partial charge in [0.15, 0.2) is 0 Å². The van der Waals surface area contributed by atoms with E-state index in [1.165, 1.54) is 6.07 Å². The van der Waals surface area contributed by atoms with Crippen LogP contribution in [-0.4, -0.2) is 26.8 Å². The smallest absolute Gasteiger partial charge is 0.126 e. The van der Waals surface area contributed by atoms with Crippen molar-refractivity contribution in [3.63, 3.8) is 0 Å². The number of benzene rings is 1. The summed E-state index contributed by atoms with van der Waals surface area (Å²) in [6.07, 6.45) is 2.72. The van der Waals surface area contributed by atoms with Crippen LogP contribution in [0.3, 0.4) is 0 Å². The predicted octanol–water partition coefficient (Wildman–Crippen LogP) is 2.38. The fourth-order valence-corrected chi connectivity index (χ4v) is 1.75. The van der Waals surface area contributed by atoms with Gasteiger partial charge in [-0.3, -0.25) is 0 Å². The van der Waals surface area contributed by atoms with Crippen LogP contribution in [0.2, 0.25) is 0 Å². The Balaban J connectivity index is 2.46. The van der Waals surface area contributed by atoms with Crippen LogP contribution in [0.4, 0.5) is 4.39 Å². The molecule has 0 amide bonds. The van der Waals surface area contributed by atoms with E-state index >= 15 is 0 Å². The van der Waals surface area contributed by atoms with E-state index in [4.69, 9.17) is 4.74 Å². The number of ether oxygens (including phenoxy) is 1. The number of rotatable bonds is 7. The molecule has 0 aliphatic rings. The van der Waals surface area contributed by atoms with E-state index in [1.54, 1.807) is 13.2 Å². The molecule has 0 bridgehead atoms. The van der Waals surface area contributed by atoms with Gasteiger partial charge in [0.1, 0.15) is 5.82 Å². The molecule has 0 aromatic heterocycles. The molecule has 1 N–H and O–H groups in total. The van der Waals surface area contributed by atoms with Crippen molar-refractivity contribution in [3.05, 3.63) is 35.6 Å². The summed E-state index contributed by atoms with van der Waals surface area (Å²) in [7, 11) is 3.61. The van der Waals surface area contributed by atoms with Crippen molar-refractivity contribution in [1.29, 1.82) is 0 Å². The minimum absolute atomic E-state index is 0.116. The lowest BCUT2D eigenvalue weighted by Gasteiger charge is -2.16. The van der Waals surface area contributed by atoms with Crippen LogP contribution in [0.25, 0.3) is 0 Å². The first kappa shape index (κ1) is 13.1. The molecule has 0 aliphatic carbocycles. The average Bonchev–Trinajstić information content (AvgIpc) is 2.30. The van der Waals surface area contributed by atoms with Crippen molar-refractivity contribution in [2.45, 2.75) is 25.3 Å². The van der Waals surface area contributed by atoms with Gasteiger partial charge in [0.25, 0.3) is 0 Å². The molecule has 1 aromatic rings. The summed E-state index contributed by atoms with van der Waals surface area (Å²) in [5.41, 5.74) is 0.777. The zero-order valence-corrected chi connectivity index (χ0v) is 10.0. The van der Waals surface area contributed by atoms with Gasteiger partial charge in [-0.1, -0.05) is 18.2 Å². The largest absolute Gasteiger partial charge is 0.385 e. The zero-order chi connectivity index (χ0) is 11.8. The molecular weight excluding hydrogens is 205 g/mol. The van der Waals surface area contributed by atoms with E-state index in [-0.39, 0.29) is 5.82 Å². The molecule has 3 heteroatoms. The summed E-state index contributed by atoms with van der Waals surface area (Å²) in [5.74, 6) is -0.116. The maximum atomic E-state index is 13.4. The second kappa shape index (κ2) is 7.36. The van der Waals surface area contributed by atoms with Crippen LogP contribution in [0, 0.1) is 5.82 Å². The van der Waals surface area contributed by atoms with Gasteiger partial charge in [-0.2, -0.15) is 0 Å². The van der Waals surface area contributed by atoms with Crippen molar-refractivity contribution in [3.8, 4) is 0 Å². The van der Waals surface area contributed by atoms with Gasteiger partial charge in [0.2, 0.25) is 0 Å². The lowest BCUT2D eigenvalue weighted by Crippen LogP contribution is -2.28. The third-order valence-electron chi connectivity index (χ3n) is 2.73. The van der Waals surface area contributed by atoms with E-state index in [0.29, 0.717) is 6.04 Å². The van der Waals surface area contributed by atoms with E-state index in [9.17, 15) is 4.39 Å². The first-order chi connectivity index (χ1) is 7.77. The monoisotopic (exact) mass is 225 g/mol. The van der Waals surface area contributed by atoms with E-state index in [0.717, 1.165) is 31.4 Å². The van der Waals surface area contributed by atoms with Crippen LogP contribution in [0.5, 0.6) is 0 Å². The van der Waals surface area contributed by atoms with Crippen molar-refractivity contribution < 1.29 is 9.13 Å². The summed E-state index contributed by atoms with van der Waals surface area (Å²) in [4.78, 5) is 0. The molecule has 1 aromatic carbocycles. The van der Waals surface area contributed by atoms with Crippen molar-refractivity contribution in [1.82, 2.24) is 5.32 Å². The Morgan fingerprint density at radius 2 is 2.12 bits per heavy atom. The normalized spacial score (nSPS) is 12.7. The molecule has 0 heterocycles. The second-order valence-corrected chi connectivity index (χ2v) is 3.92. The molecule has 0 saturated heterocycles. The van der Waals surface area contributed by atoms with Crippen LogP contribution in [0.15, 0.2) is 24.3 Å². The molecule has 0 fully saturated rings. The summed E-state index contributed by atoms with van der Waals surface area (Å²) in [6, 6.07) is 7.26.